The van der Waals surface area contributed by atoms with E-state index in [-0.39, 0.29) is 85.0 Å². The summed E-state index contributed by atoms with van der Waals surface area (Å²) in [5.41, 5.74) is -1.03. The summed E-state index contributed by atoms with van der Waals surface area (Å²) in [6.07, 6.45) is 12.5. The van der Waals surface area contributed by atoms with Gasteiger partial charge in [-0.1, -0.05) is 88.5 Å². The molecule has 77 heavy (non-hydrogen) atoms. The van der Waals surface area contributed by atoms with Crippen LogP contribution in [-0.4, -0.2) is 209 Å². The number of hydrogen-bond acceptors (Lipinski definition) is 18. The molecule has 13 heterocycles. The lowest BCUT2D eigenvalue weighted by Crippen LogP contribution is -2.63. The van der Waals surface area contributed by atoms with Gasteiger partial charge in [-0.2, -0.15) is 0 Å². The molecule has 9 fully saturated rings. The van der Waals surface area contributed by atoms with E-state index >= 15 is 0 Å². The van der Waals surface area contributed by atoms with E-state index in [1.54, 1.807) is 6.08 Å². The molecule has 13 aliphatic heterocycles. The van der Waals surface area contributed by atoms with Gasteiger partial charge in [0, 0.05) is 43.9 Å². The first-order valence-electron chi connectivity index (χ1n) is 29.4. The highest BCUT2D eigenvalue weighted by molar-refractivity contribution is 5.18. The first-order valence-corrected chi connectivity index (χ1v) is 29.4. The van der Waals surface area contributed by atoms with E-state index in [1.807, 2.05) is 43.4 Å². The summed E-state index contributed by atoms with van der Waals surface area (Å²) in [5.74, 6) is -0.521. The van der Waals surface area contributed by atoms with Crippen LogP contribution in [0, 0.1) is 23.7 Å². The third kappa shape index (κ3) is 9.98. The van der Waals surface area contributed by atoms with Crippen LogP contribution in [0.15, 0.2) is 60.8 Å². The monoisotopic (exact) mass is 1080 g/mol. The van der Waals surface area contributed by atoms with Crippen molar-refractivity contribution in [1.82, 2.24) is 0 Å². The third-order valence-corrected chi connectivity index (χ3v) is 20.3. The summed E-state index contributed by atoms with van der Waals surface area (Å²) >= 11 is 0. The number of aliphatic hydroxyl groups excluding tert-OH is 5. The fraction of sp³-hybridized carbons (Fsp3) is 0.831. The van der Waals surface area contributed by atoms with Gasteiger partial charge in [-0.25, -0.2) is 0 Å². The molecular formula is C59H84O18. The maximum absolute atomic E-state index is 12.3. The topological polar surface area (TPSA) is 221 Å². The molecule has 0 radical (unpaired) electrons. The highest BCUT2D eigenvalue weighted by Gasteiger charge is 2.62. The van der Waals surface area contributed by atoms with E-state index in [1.165, 1.54) is 6.08 Å². The number of aliphatic hydroxyl groups is 5. The molecule has 18 nitrogen and oxygen atoms in total. The van der Waals surface area contributed by atoms with E-state index in [0.717, 1.165) is 25.7 Å². The Labute approximate surface area is 452 Å². The van der Waals surface area contributed by atoms with Crippen molar-refractivity contribution in [2.45, 2.75) is 269 Å². The second kappa shape index (κ2) is 21.6. The molecule has 18 heteroatoms. The second-order valence-electron chi connectivity index (χ2n) is 25.3. The highest BCUT2D eigenvalue weighted by Crippen LogP contribution is 2.52. The zero-order valence-electron chi connectivity index (χ0n) is 45.1. The molecule has 0 bridgehead atoms. The standard InChI is InChI=1S/C59H84O18/c1-28-21-41-43(24-47-53(74-41)30(3)51(63)57-54(75-47)29(2)31(4)59(77-57)19-8-20-65-59)71-45-26-50-58(5,76-46(45)22-28)49(62)25-44-35(72-50)11-7-10-34-36(69-44)15-16-38-37(67-34)17-18-39-42(68-38)23-48-56(73-39)52(64)55-40(70-48)12-6-9-33(66-55)14-13-32(61)27-60/h6-7,9,11,13-18,28-57,60-64H,8,10,12,19-27H2,1-5H3/b11-7-,14-13+/t28-,29+,30+,31+,32+,33-,34-,35-,36+,37+,38-,39-,40+,41+,42+,43-,44-,45+,46-,47+,48-,49-,50-,51+,52-,53-,54-,55+,56-,57+,58+,59?/m1/s1. The molecular weight excluding hydrogens is 997 g/mol. The fourth-order valence-corrected chi connectivity index (χ4v) is 15.7. The van der Waals surface area contributed by atoms with Crippen molar-refractivity contribution in [3.63, 3.8) is 0 Å². The van der Waals surface area contributed by atoms with Crippen LogP contribution in [0.1, 0.15) is 98.8 Å². The Morgan fingerprint density at radius 1 is 0.532 bits per heavy atom. The molecule has 0 aliphatic carbocycles. The zero-order valence-corrected chi connectivity index (χ0v) is 45.1. The maximum atomic E-state index is 12.3. The number of rotatable bonds is 3. The van der Waals surface area contributed by atoms with E-state index in [9.17, 15) is 25.5 Å². The van der Waals surface area contributed by atoms with Gasteiger partial charge in [-0.15, -0.1) is 0 Å². The number of fused-ring (bicyclic) bond motifs is 11. The van der Waals surface area contributed by atoms with Crippen LogP contribution < -0.4 is 0 Å². The van der Waals surface area contributed by atoms with E-state index in [4.69, 9.17) is 61.6 Å². The van der Waals surface area contributed by atoms with Crippen molar-refractivity contribution in [2.75, 3.05) is 13.2 Å². The van der Waals surface area contributed by atoms with Crippen LogP contribution in [0.2, 0.25) is 0 Å². The number of ether oxygens (including phenoxy) is 13. The Balaban J connectivity index is 0.676. The van der Waals surface area contributed by atoms with Gasteiger partial charge >= 0.3 is 0 Å². The van der Waals surface area contributed by atoms with Gasteiger partial charge in [0.15, 0.2) is 5.79 Å². The maximum Gasteiger partial charge on any atom is 0.171 e. The normalized spacial score (nSPS) is 56.9. The molecule has 9 saturated heterocycles. The van der Waals surface area contributed by atoms with Crippen LogP contribution in [0.3, 0.4) is 0 Å². The van der Waals surface area contributed by atoms with Crippen LogP contribution in [0.25, 0.3) is 0 Å². The smallest absolute Gasteiger partial charge is 0.171 e. The van der Waals surface area contributed by atoms with Crippen LogP contribution in [-0.2, 0) is 61.6 Å². The van der Waals surface area contributed by atoms with E-state index in [0.29, 0.717) is 38.7 Å². The van der Waals surface area contributed by atoms with Crippen molar-refractivity contribution in [1.29, 1.82) is 0 Å². The lowest BCUT2D eigenvalue weighted by molar-refractivity contribution is -0.339. The van der Waals surface area contributed by atoms with Gasteiger partial charge in [-0.05, 0) is 50.9 Å². The Bertz CT molecular complexity index is 2240. The van der Waals surface area contributed by atoms with Gasteiger partial charge in [-0.3, -0.25) is 0 Å². The molecule has 1 spiro atoms. The van der Waals surface area contributed by atoms with E-state index in [2.05, 4.69) is 39.8 Å². The van der Waals surface area contributed by atoms with E-state index < -0.39 is 122 Å². The Morgan fingerprint density at radius 2 is 1.16 bits per heavy atom. The van der Waals surface area contributed by atoms with Gasteiger partial charge in [0.05, 0.1) is 117 Å². The first kappa shape index (κ1) is 54.2. The Morgan fingerprint density at radius 3 is 1.95 bits per heavy atom. The number of hydrogen-bond donors (Lipinski definition) is 5. The van der Waals surface area contributed by atoms with Crippen LogP contribution in [0.4, 0.5) is 0 Å². The minimum atomic E-state index is -1.03. The summed E-state index contributed by atoms with van der Waals surface area (Å²) in [6.45, 7) is 11.0. The molecule has 13 aliphatic rings. The predicted octanol–water partition coefficient (Wildman–Crippen LogP) is 3.61. The largest absolute Gasteiger partial charge is 0.393 e. The molecule has 0 amide bonds. The SMILES string of the molecule is C[C@@H]1C[C@@H]2O[C@@H]3[C@@H](C)[C@H](O)[C@@H]4OC5(CCCO5)[C@@H](C)[C@H](C)[C@H]4O[C@H]3C[C@H]2O[C@H]2C[C@H]3O[C@@H]4/C=C\C[C@H]5O[C@H]6C=C[C@H]7O[C@H]8[C@H](O)[C@H]9O[C@@H](/C=C/[C@H](O)CO)C=CC[C@@H]9O[C@@H]8C[C@@H]7O[C@@H]6C=C[C@@H]5O[C@@H]4C[C@@H](O)[C@]3(C)O[C@@H]2C1. The third-order valence-electron chi connectivity index (χ3n) is 20.3. The van der Waals surface area contributed by atoms with Crippen LogP contribution >= 0.6 is 0 Å². The fourth-order valence-electron chi connectivity index (χ4n) is 15.7. The lowest BCUT2D eigenvalue weighted by Gasteiger charge is -2.53. The molecule has 0 saturated carbocycles. The predicted molar refractivity (Wildman–Crippen MR) is 273 cm³/mol. The average molecular weight is 1080 g/mol. The second-order valence-corrected chi connectivity index (χ2v) is 25.3. The summed E-state index contributed by atoms with van der Waals surface area (Å²) in [6, 6.07) is 0. The molecule has 0 aromatic carbocycles. The van der Waals surface area contributed by atoms with Gasteiger partial charge in [0.2, 0.25) is 0 Å². The minimum Gasteiger partial charge on any atom is -0.393 e. The van der Waals surface area contributed by atoms with Crippen molar-refractivity contribution >= 4 is 0 Å². The molecule has 32 atom stereocenters. The van der Waals surface area contributed by atoms with Crippen molar-refractivity contribution in [2.24, 2.45) is 23.7 Å². The van der Waals surface area contributed by atoms with Crippen molar-refractivity contribution in [3.05, 3.63) is 60.8 Å². The molecule has 5 N–H and O–H groups in total. The van der Waals surface area contributed by atoms with Gasteiger partial charge < -0.3 is 87.1 Å². The van der Waals surface area contributed by atoms with Crippen molar-refractivity contribution < 1.29 is 87.1 Å². The molecule has 428 valence electrons. The Hall–Kier alpha value is -2.02. The highest BCUT2D eigenvalue weighted by atomic mass is 16.7. The lowest BCUT2D eigenvalue weighted by atomic mass is 9.76. The van der Waals surface area contributed by atoms with Crippen molar-refractivity contribution in [3.8, 4) is 0 Å². The summed E-state index contributed by atoms with van der Waals surface area (Å²) in [4.78, 5) is 0. The minimum absolute atomic E-state index is 0.0911. The molecule has 1 unspecified atom stereocenters. The Kier molecular flexibility index (Phi) is 15.2. The summed E-state index contributed by atoms with van der Waals surface area (Å²) in [5, 5.41) is 55.2. The summed E-state index contributed by atoms with van der Waals surface area (Å²) < 4.78 is 88.9. The van der Waals surface area contributed by atoms with Crippen LogP contribution in [0.5, 0.6) is 0 Å². The molecule has 0 aromatic rings. The zero-order chi connectivity index (χ0) is 53.1. The van der Waals surface area contributed by atoms with Gasteiger partial charge in [0.1, 0.15) is 60.5 Å². The molecule has 0 aromatic heterocycles. The first-order chi connectivity index (χ1) is 37.1. The van der Waals surface area contributed by atoms with Gasteiger partial charge in [0.25, 0.3) is 0 Å². The average Bonchev–Trinajstić information content (AvgIpc) is 3.63. The summed E-state index contributed by atoms with van der Waals surface area (Å²) in [7, 11) is 0. The molecule has 13 rings (SSSR count). The quantitative estimate of drug-likeness (QED) is 0.255.